The van der Waals surface area contributed by atoms with Crippen LogP contribution in [0.25, 0.3) is 0 Å². The van der Waals surface area contributed by atoms with E-state index in [2.05, 4.69) is 17.6 Å². The molecule has 1 aromatic carbocycles. The zero-order chi connectivity index (χ0) is 11.8. The van der Waals surface area contributed by atoms with Crippen molar-refractivity contribution in [1.82, 2.24) is 10.6 Å². The van der Waals surface area contributed by atoms with Crippen molar-refractivity contribution in [3.63, 3.8) is 0 Å². The molecule has 2 N–H and O–H groups in total. The fourth-order valence-electron chi connectivity index (χ4n) is 1.55. The minimum Gasteiger partial charge on any atom is -0.338 e. The maximum Gasteiger partial charge on any atom is 0.315 e. The van der Waals surface area contributed by atoms with E-state index in [1.165, 1.54) is 0 Å². The highest BCUT2D eigenvalue weighted by Crippen LogP contribution is 2.15. The summed E-state index contributed by atoms with van der Waals surface area (Å²) in [4.78, 5) is 11.5. The van der Waals surface area contributed by atoms with Gasteiger partial charge in [0.1, 0.15) is 0 Å². The van der Waals surface area contributed by atoms with Crippen LogP contribution in [0, 0.1) is 0 Å². The van der Waals surface area contributed by atoms with E-state index in [9.17, 15) is 4.79 Å². The van der Waals surface area contributed by atoms with Gasteiger partial charge in [-0.1, -0.05) is 44.2 Å². The Labute approximate surface area is 97.2 Å². The van der Waals surface area contributed by atoms with Crippen molar-refractivity contribution in [3.05, 3.63) is 35.9 Å². The molecule has 16 heavy (non-hydrogen) atoms. The van der Waals surface area contributed by atoms with Crippen molar-refractivity contribution in [2.24, 2.45) is 0 Å². The average molecular weight is 220 g/mol. The lowest BCUT2D eigenvalue weighted by molar-refractivity contribution is 0.236. The number of hydrogen-bond acceptors (Lipinski definition) is 1. The molecule has 1 atom stereocenters. The van der Waals surface area contributed by atoms with Gasteiger partial charge in [-0.3, -0.25) is 0 Å². The lowest BCUT2D eigenvalue weighted by Gasteiger charge is -2.17. The first kappa shape index (κ1) is 12.6. The molecule has 0 aliphatic heterocycles. The molecule has 0 fully saturated rings. The highest BCUT2D eigenvalue weighted by atomic mass is 16.2. The smallest absolute Gasteiger partial charge is 0.315 e. The number of amides is 2. The topological polar surface area (TPSA) is 41.1 Å². The largest absolute Gasteiger partial charge is 0.338 e. The van der Waals surface area contributed by atoms with Gasteiger partial charge in [0.05, 0.1) is 6.04 Å². The minimum absolute atomic E-state index is 0.0856. The molecule has 3 nitrogen and oxygen atoms in total. The predicted molar refractivity (Wildman–Crippen MR) is 66.3 cm³/mol. The summed E-state index contributed by atoms with van der Waals surface area (Å²) in [6.45, 7) is 4.82. The Morgan fingerprint density at radius 3 is 2.50 bits per heavy atom. The summed E-state index contributed by atoms with van der Waals surface area (Å²) in [6, 6.07) is 10.0. The Balaban J connectivity index is 2.52. The molecule has 0 heterocycles. The first-order chi connectivity index (χ1) is 7.77. The molecule has 0 unspecified atom stereocenters. The molecular formula is C13H20N2O. The first-order valence-corrected chi connectivity index (χ1v) is 5.87. The van der Waals surface area contributed by atoms with Gasteiger partial charge in [-0.25, -0.2) is 4.79 Å². The number of benzene rings is 1. The number of carbonyl (C=O) groups excluding carboxylic acids is 1. The molecule has 1 rings (SSSR count). The van der Waals surface area contributed by atoms with E-state index in [0.29, 0.717) is 0 Å². The Hall–Kier alpha value is -1.51. The quantitative estimate of drug-likeness (QED) is 0.787. The zero-order valence-electron chi connectivity index (χ0n) is 9.99. The van der Waals surface area contributed by atoms with Crippen LogP contribution in [0.5, 0.6) is 0 Å². The molecule has 88 valence electrons. The first-order valence-electron chi connectivity index (χ1n) is 5.87. The fraction of sp³-hybridized carbons (Fsp3) is 0.462. The van der Waals surface area contributed by atoms with Crippen LogP contribution in [0.3, 0.4) is 0 Å². The molecule has 1 aromatic rings. The molecule has 0 radical (unpaired) electrons. The van der Waals surface area contributed by atoms with Crippen molar-refractivity contribution >= 4 is 6.03 Å². The van der Waals surface area contributed by atoms with Crippen LogP contribution in [-0.4, -0.2) is 12.6 Å². The summed E-state index contributed by atoms with van der Waals surface area (Å²) in [7, 11) is 0. The Kier molecular flexibility index (Phi) is 5.40. The van der Waals surface area contributed by atoms with Crippen molar-refractivity contribution in [2.45, 2.75) is 32.7 Å². The van der Waals surface area contributed by atoms with E-state index in [-0.39, 0.29) is 12.1 Å². The average Bonchev–Trinajstić information content (AvgIpc) is 2.34. The van der Waals surface area contributed by atoms with Crippen molar-refractivity contribution in [2.75, 3.05) is 6.54 Å². The van der Waals surface area contributed by atoms with Gasteiger partial charge in [0.15, 0.2) is 0 Å². The molecule has 0 aliphatic carbocycles. The van der Waals surface area contributed by atoms with Gasteiger partial charge in [-0.15, -0.1) is 0 Å². The third-order valence-electron chi connectivity index (χ3n) is 2.45. The van der Waals surface area contributed by atoms with Crippen LogP contribution in [0.15, 0.2) is 30.3 Å². The molecule has 2 amide bonds. The molecule has 3 heteroatoms. The van der Waals surface area contributed by atoms with Gasteiger partial charge in [0.25, 0.3) is 0 Å². The summed E-state index contributed by atoms with van der Waals surface area (Å²) in [5, 5.41) is 5.78. The van der Waals surface area contributed by atoms with Gasteiger partial charge >= 0.3 is 6.03 Å². The van der Waals surface area contributed by atoms with Crippen LogP contribution in [-0.2, 0) is 0 Å². The SMILES string of the molecule is CCCNC(=O)N[C@@H](CC)c1ccccc1. The third-order valence-corrected chi connectivity index (χ3v) is 2.45. The van der Waals surface area contributed by atoms with E-state index < -0.39 is 0 Å². The molecule has 0 saturated heterocycles. The Morgan fingerprint density at radius 1 is 1.25 bits per heavy atom. The maximum atomic E-state index is 11.5. The van der Waals surface area contributed by atoms with Crippen LogP contribution in [0.2, 0.25) is 0 Å². The second kappa shape index (κ2) is 6.88. The number of rotatable bonds is 5. The van der Waals surface area contributed by atoms with Gasteiger partial charge in [-0.2, -0.15) is 0 Å². The number of nitrogens with one attached hydrogen (secondary N) is 2. The summed E-state index contributed by atoms with van der Waals surface area (Å²) in [5.74, 6) is 0. The molecule has 0 aliphatic rings. The summed E-state index contributed by atoms with van der Waals surface area (Å²) >= 11 is 0. The monoisotopic (exact) mass is 220 g/mol. The van der Waals surface area contributed by atoms with Gasteiger partial charge in [-0.05, 0) is 18.4 Å². The molecule has 0 saturated carbocycles. The summed E-state index contributed by atoms with van der Waals surface area (Å²) in [5.41, 5.74) is 1.15. The van der Waals surface area contributed by atoms with E-state index in [0.717, 1.165) is 24.9 Å². The second-order valence-electron chi connectivity index (χ2n) is 3.77. The van der Waals surface area contributed by atoms with Crippen LogP contribution in [0.1, 0.15) is 38.3 Å². The minimum atomic E-state index is -0.0856. The predicted octanol–water partition coefficient (Wildman–Crippen LogP) is 2.85. The lowest BCUT2D eigenvalue weighted by Crippen LogP contribution is -2.38. The maximum absolute atomic E-state index is 11.5. The number of hydrogen-bond donors (Lipinski definition) is 2. The van der Waals surface area contributed by atoms with Crippen LogP contribution < -0.4 is 10.6 Å². The van der Waals surface area contributed by atoms with Crippen molar-refractivity contribution in [1.29, 1.82) is 0 Å². The normalized spacial score (nSPS) is 11.9. The van der Waals surface area contributed by atoms with E-state index in [4.69, 9.17) is 0 Å². The van der Waals surface area contributed by atoms with Crippen molar-refractivity contribution < 1.29 is 4.79 Å². The molecular weight excluding hydrogens is 200 g/mol. The lowest BCUT2D eigenvalue weighted by atomic mass is 10.1. The zero-order valence-corrected chi connectivity index (χ0v) is 9.99. The highest BCUT2D eigenvalue weighted by Gasteiger charge is 2.11. The molecule has 0 aromatic heterocycles. The highest BCUT2D eigenvalue weighted by molar-refractivity contribution is 5.74. The van der Waals surface area contributed by atoms with Crippen LogP contribution in [0.4, 0.5) is 4.79 Å². The summed E-state index contributed by atoms with van der Waals surface area (Å²) < 4.78 is 0. The summed E-state index contributed by atoms with van der Waals surface area (Å²) in [6.07, 6.45) is 1.85. The van der Waals surface area contributed by atoms with E-state index in [1.807, 2.05) is 37.3 Å². The Bertz CT molecular complexity index is 311. The third kappa shape index (κ3) is 3.93. The fourth-order valence-corrected chi connectivity index (χ4v) is 1.55. The number of carbonyl (C=O) groups is 1. The standard InChI is InChI=1S/C13H20N2O/c1-3-10-14-13(16)15-12(4-2)11-8-6-5-7-9-11/h5-9,12H,3-4,10H2,1-2H3,(H2,14,15,16)/t12-/m0/s1. The van der Waals surface area contributed by atoms with Crippen molar-refractivity contribution in [3.8, 4) is 0 Å². The molecule has 0 bridgehead atoms. The Morgan fingerprint density at radius 2 is 1.94 bits per heavy atom. The van der Waals surface area contributed by atoms with Gasteiger partial charge in [0, 0.05) is 6.54 Å². The molecule has 0 spiro atoms. The van der Waals surface area contributed by atoms with Crippen LogP contribution >= 0.6 is 0 Å². The van der Waals surface area contributed by atoms with Gasteiger partial charge in [0.2, 0.25) is 0 Å². The van der Waals surface area contributed by atoms with Gasteiger partial charge < -0.3 is 10.6 Å². The second-order valence-corrected chi connectivity index (χ2v) is 3.77. The number of urea groups is 1. The van der Waals surface area contributed by atoms with E-state index in [1.54, 1.807) is 0 Å². The van der Waals surface area contributed by atoms with E-state index >= 15 is 0 Å².